The quantitative estimate of drug-likeness (QED) is 0.355. The molecule has 2 aromatic carbocycles. The number of nitrogens with one attached hydrogen (secondary N) is 2. The maximum atomic E-state index is 14.7. The number of carbonyl (C=O) groups is 2. The lowest BCUT2D eigenvalue weighted by Crippen LogP contribution is -2.36. The Morgan fingerprint density at radius 2 is 1.81 bits per heavy atom. The van der Waals surface area contributed by atoms with Gasteiger partial charge in [-0.1, -0.05) is 18.2 Å². The second kappa shape index (κ2) is 10.4. The maximum absolute atomic E-state index is 14.7. The zero-order valence-electron chi connectivity index (χ0n) is 18.5. The molecule has 3 aromatic rings. The van der Waals surface area contributed by atoms with Crippen molar-refractivity contribution < 1.29 is 42.1 Å². The number of aromatic hydroxyl groups is 1. The summed E-state index contributed by atoms with van der Waals surface area (Å²) in [5.74, 6) is -3.36. The zero-order chi connectivity index (χ0) is 26.6. The van der Waals surface area contributed by atoms with Crippen LogP contribution in [0.3, 0.4) is 0 Å². The van der Waals surface area contributed by atoms with Crippen LogP contribution >= 0.6 is 0 Å². The molecule has 0 aliphatic carbocycles. The number of halogens is 4. The van der Waals surface area contributed by atoms with Gasteiger partial charge in [-0.15, -0.1) is 13.2 Å². The smallest absolute Gasteiger partial charge is 0.505 e. The largest absolute Gasteiger partial charge is 0.573 e. The second-order valence-electron chi connectivity index (χ2n) is 7.55. The average Bonchev–Trinajstić information content (AvgIpc) is 2.78. The van der Waals surface area contributed by atoms with E-state index in [1.54, 1.807) is 0 Å². The first-order valence-electron chi connectivity index (χ1n) is 10.2. The van der Waals surface area contributed by atoms with Gasteiger partial charge in [-0.2, -0.15) is 0 Å². The zero-order valence-corrected chi connectivity index (χ0v) is 18.5. The Kier molecular flexibility index (Phi) is 7.51. The number of pyridine rings is 1. The van der Waals surface area contributed by atoms with Crippen LogP contribution in [0.4, 0.5) is 28.0 Å². The van der Waals surface area contributed by atoms with E-state index >= 15 is 0 Å². The Morgan fingerprint density at radius 3 is 2.47 bits per heavy atom. The van der Waals surface area contributed by atoms with E-state index in [0.29, 0.717) is 0 Å². The van der Waals surface area contributed by atoms with E-state index in [-0.39, 0.29) is 16.7 Å². The topological polar surface area (TPSA) is 130 Å². The van der Waals surface area contributed by atoms with E-state index in [1.807, 2.05) is 0 Å². The van der Waals surface area contributed by atoms with Crippen molar-refractivity contribution in [2.75, 3.05) is 5.32 Å². The molecule has 0 aliphatic heterocycles. The minimum atomic E-state index is -4.93. The Bertz CT molecular complexity index is 1360. The number of anilines is 1. The summed E-state index contributed by atoms with van der Waals surface area (Å²) < 4.78 is 57.4. The van der Waals surface area contributed by atoms with Crippen molar-refractivity contribution in [2.45, 2.75) is 18.8 Å². The first-order valence-corrected chi connectivity index (χ1v) is 10.2. The van der Waals surface area contributed by atoms with Crippen LogP contribution in [0.25, 0.3) is 11.1 Å². The van der Waals surface area contributed by atoms with Gasteiger partial charge in [0.1, 0.15) is 17.3 Å². The Morgan fingerprint density at radius 1 is 1.11 bits per heavy atom. The van der Waals surface area contributed by atoms with Crippen molar-refractivity contribution in [2.24, 2.45) is 7.05 Å². The predicted molar refractivity (Wildman–Crippen MR) is 119 cm³/mol. The highest BCUT2D eigenvalue weighted by Gasteiger charge is 2.31. The maximum Gasteiger partial charge on any atom is 0.573 e. The van der Waals surface area contributed by atoms with Gasteiger partial charge in [0.2, 0.25) is 0 Å². The average molecular weight is 509 g/mol. The standard InChI is InChI=1S/C23H19F4N3O6/c1-30-8-7-18(31)20(21(30)34)29-22(35)28-17(11-19(32)33)15-10-13(5-6-16(15)24)12-3-2-4-14(9-12)36-23(25,26)27/h2-10,17,31H,11H2,1H3,(H,32,33)(H2,28,29,35)/t17-/m0/s1. The number of amides is 2. The summed E-state index contributed by atoms with van der Waals surface area (Å²) in [6.07, 6.45) is -4.45. The third kappa shape index (κ3) is 6.52. The first kappa shape index (κ1) is 26.1. The van der Waals surface area contributed by atoms with Crippen LogP contribution < -0.4 is 20.9 Å². The van der Waals surface area contributed by atoms with E-state index in [9.17, 15) is 42.2 Å². The number of hydrogen-bond donors (Lipinski definition) is 4. The molecule has 3 rings (SSSR count). The third-order valence-electron chi connectivity index (χ3n) is 4.94. The van der Waals surface area contributed by atoms with Crippen molar-refractivity contribution >= 4 is 17.7 Å². The first-order chi connectivity index (χ1) is 16.8. The molecule has 0 fully saturated rings. The Hall–Kier alpha value is -4.55. The van der Waals surface area contributed by atoms with Gasteiger partial charge in [-0.25, -0.2) is 9.18 Å². The van der Waals surface area contributed by atoms with Gasteiger partial charge < -0.3 is 30.2 Å². The van der Waals surface area contributed by atoms with Gasteiger partial charge in [0.05, 0.1) is 12.5 Å². The van der Waals surface area contributed by atoms with Gasteiger partial charge in [-0.05, 0) is 41.5 Å². The summed E-state index contributed by atoms with van der Waals surface area (Å²) in [4.78, 5) is 36.1. The summed E-state index contributed by atoms with van der Waals surface area (Å²) in [7, 11) is 1.37. The number of ether oxygens (including phenoxy) is 1. The second-order valence-corrected chi connectivity index (χ2v) is 7.55. The molecule has 36 heavy (non-hydrogen) atoms. The molecule has 1 aromatic heterocycles. The van der Waals surface area contributed by atoms with Crippen LogP contribution in [0.5, 0.6) is 11.5 Å². The fourth-order valence-corrected chi connectivity index (χ4v) is 3.32. The number of aromatic nitrogens is 1. The highest BCUT2D eigenvalue weighted by Crippen LogP contribution is 2.31. The number of carbonyl (C=O) groups excluding carboxylic acids is 1. The highest BCUT2D eigenvalue weighted by molar-refractivity contribution is 5.91. The van der Waals surface area contributed by atoms with Crippen LogP contribution in [0.2, 0.25) is 0 Å². The lowest BCUT2D eigenvalue weighted by Gasteiger charge is -2.20. The number of alkyl halides is 3. The Balaban J connectivity index is 1.92. The molecule has 0 bridgehead atoms. The van der Waals surface area contributed by atoms with Crippen molar-refractivity contribution in [3.63, 3.8) is 0 Å². The lowest BCUT2D eigenvalue weighted by atomic mass is 9.97. The molecule has 0 saturated carbocycles. The number of carboxylic acids is 1. The number of benzene rings is 2. The van der Waals surface area contributed by atoms with Gasteiger partial charge in [0, 0.05) is 18.8 Å². The fraction of sp³-hybridized carbons (Fsp3) is 0.174. The normalized spacial score (nSPS) is 12.0. The van der Waals surface area contributed by atoms with Crippen LogP contribution in [-0.2, 0) is 11.8 Å². The van der Waals surface area contributed by atoms with Crippen molar-refractivity contribution in [3.05, 3.63) is 76.5 Å². The monoisotopic (exact) mass is 509 g/mol. The van der Waals surface area contributed by atoms with Crippen LogP contribution in [-0.4, -0.2) is 33.1 Å². The molecule has 0 radical (unpaired) electrons. The fourth-order valence-electron chi connectivity index (χ4n) is 3.32. The molecule has 9 nitrogen and oxygen atoms in total. The number of urea groups is 1. The van der Waals surface area contributed by atoms with Crippen molar-refractivity contribution in [3.8, 4) is 22.6 Å². The number of nitrogens with zero attached hydrogens (tertiary/aromatic N) is 1. The summed E-state index contributed by atoms with van der Waals surface area (Å²) in [6, 6.07) is 6.84. The van der Waals surface area contributed by atoms with Crippen molar-refractivity contribution in [1.29, 1.82) is 0 Å². The molecule has 1 heterocycles. The molecule has 0 spiro atoms. The van der Waals surface area contributed by atoms with Crippen LogP contribution in [0.15, 0.2) is 59.5 Å². The van der Waals surface area contributed by atoms with E-state index < -0.39 is 59.4 Å². The van der Waals surface area contributed by atoms with Gasteiger partial charge in [-0.3, -0.25) is 9.59 Å². The summed E-state index contributed by atoms with van der Waals surface area (Å²) >= 11 is 0. The number of aryl methyl sites for hydroxylation is 1. The van der Waals surface area contributed by atoms with Crippen LogP contribution in [0.1, 0.15) is 18.0 Å². The van der Waals surface area contributed by atoms with Gasteiger partial charge >= 0.3 is 18.4 Å². The van der Waals surface area contributed by atoms with Crippen molar-refractivity contribution in [1.82, 2.24) is 9.88 Å². The predicted octanol–water partition coefficient (Wildman–Crippen LogP) is 4.13. The molecule has 13 heteroatoms. The number of rotatable bonds is 7. The molecule has 0 unspecified atom stereocenters. The minimum Gasteiger partial charge on any atom is -0.505 e. The molecule has 0 saturated heterocycles. The minimum absolute atomic E-state index is 0.203. The van der Waals surface area contributed by atoms with Gasteiger partial charge in [0.15, 0.2) is 5.69 Å². The number of hydrogen-bond acceptors (Lipinski definition) is 5. The summed E-state index contributed by atoms with van der Waals surface area (Å²) in [5.41, 5.74) is -1.10. The van der Waals surface area contributed by atoms with E-state index in [2.05, 4.69) is 15.4 Å². The SMILES string of the molecule is Cn1ccc(O)c(NC(=O)N[C@@H](CC(=O)O)c2cc(-c3cccc(OC(F)(F)F)c3)ccc2F)c1=O. The molecule has 1 atom stereocenters. The molecular formula is C23H19F4N3O6. The highest BCUT2D eigenvalue weighted by atomic mass is 19.4. The number of aliphatic carboxylic acids is 1. The summed E-state index contributed by atoms with van der Waals surface area (Å²) in [5, 5.41) is 23.5. The Labute approximate surface area is 200 Å². The molecular weight excluding hydrogens is 490 g/mol. The van der Waals surface area contributed by atoms with Gasteiger partial charge in [0.25, 0.3) is 5.56 Å². The van der Waals surface area contributed by atoms with E-state index in [0.717, 1.165) is 28.8 Å². The van der Waals surface area contributed by atoms with E-state index in [4.69, 9.17) is 0 Å². The van der Waals surface area contributed by atoms with Crippen LogP contribution in [0, 0.1) is 5.82 Å². The van der Waals surface area contributed by atoms with E-state index in [1.165, 1.54) is 37.5 Å². The third-order valence-corrected chi connectivity index (χ3v) is 4.94. The summed E-state index contributed by atoms with van der Waals surface area (Å²) in [6.45, 7) is 0. The molecule has 2 amide bonds. The molecule has 4 N–H and O–H groups in total. The molecule has 190 valence electrons. The molecule has 0 aliphatic rings. The number of carboxylic acid groups (broad SMARTS) is 1. The lowest BCUT2D eigenvalue weighted by molar-refractivity contribution is -0.274.